The van der Waals surface area contributed by atoms with Crippen LogP contribution in [0.2, 0.25) is 0 Å². The summed E-state index contributed by atoms with van der Waals surface area (Å²) < 4.78 is 11.4. The van der Waals surface area contributed by atoms with Crippen LogP contribution in [0.5, 0.6) is 5.75 Å². The van der Waals surface area contributed by atoms with Gasteiger partial charge in [0.25, 0.3) is 5.22 Å². The first-order valence-corrected chi connectivity index (χ1v) is 8.23. The average molecular weight is 391 g/mol. The fourth-order valence-electron chi connectivity index (χ4n) is 1.88. The van der Waals surface area contributed by atoms with E-state index in [4.69, 9.17) is 9.15 Å². The summed E-state index contributed by atoms with van der Waals surface area (Å²) in [5, 5.41) is 7.92. The van der Waals surface area contributed by atoms with E-state index in [0.717, 1.165) is 21.8 Å². The summed E-state index contributed by atoms with van der Waals surface area (Å²) in [6.07, 6.45) is 0. The van der Waals surface area contributed by atoms with E-state index in [2.05, 4.69) is 26.1 Å². The standard InChI is InChI=1S/C16H11BrN2O3S/c1-21-11-6-4-5-10(9-11)14-18-19-16(22-14)23-15(20)12-7-2-3-8-13(12)17/h2-9H,1H3. The predicted octanol–water partition coefficient (Wildman–Crippen LogP) is 4.44. The van der Waals surface area contributed by atoms with Crippen LogP contribution in [0.25, 0.3) is 11.5 Å². The number of methoxy groups -OCH3 is 1. The molecule has 0 fully saturated rings. The van der Waals surface area contributed by atoms with Crippen LogP contribution in [-0.4, -0.2) is 22.4 Å². The Morgan fingerprint density at radius 2 is 2.00 bits per heavy atom. The highest BCUT2D eigenvalue weighted by Crippen LogP contribution is 2.29. The third-order valence-corrected chi connectivity index (χ3v) is 4.43. The topological polar surface area (TPSA) is 65.2 Å². The van der Waals surface area contributed by atoms with Crippen LogP contribution < -0.4 is 4.74 Å². The van der Waals surface area contributed by atoms with E-state index in [1.54, 1.807) is 25.3 Å². The van der Waals surface area contributed by atoms with Gasteiger partial charge in [0.1, 0.15) is 5.75 Å². The molecule has 0 saturated carbocycles. The zero-order valence-electron chi connectivity index (χ0n) is 12.0. The number of ether oxygens (including phenoxy) is 1. The molecule has 0 unspecified atom stereocenters. The molecule has 0 spiro atoms. The van der Waals surface area contributed by atoms with Crippen LogP contribution >= 0.6 is 27.7 Å². The number of halogens is 1. The summed E-state index contributed by atoms with van der Waals surface area (Å²) in [7, 11) is 1.59. The van der Waals surface area contributed by atoms with Crippen molar-refractivity contribution in [2.24, 2.45) is 0 Å². The van der Waals surface area contributed by atoms with Gasteiger partial charge in [-0.25, -0.2) is 0 Å². The minimum Gasteiger partial charge on any atom is -0.497 e. The lowest BCUT2D eigenvalue weighted by Gasteiger charge is -2.00. The zero-order chi connectivity index (χ0) is 16.2. The maximum Gasteiger partial charge on any atom is 0.284 e. The minimum absolute atomic E-state index is 0.168. The third-order valence-electron chi connectivity index (χ3n) is 3.00. The lowest BCUT2D eigenvalue weighted by molar-refractivity contribution is 0.108. The van der Waals surface area contributed by atoms with Gasteiger partial charge in [-0.15, -0.1) is 10.2 Å². The van der Waals surface area contributed by atoms with Crippen LogP contribution in [-0.2, 0) is 0 Å². The summed E-state index contributed by atoms with van der Waals surface area (Å²) in [6.45, 7) is 0. The van der Waals surface area contributed by atoms with E-state index in [1.807, 2.05) is 30.3 Å². The van der Waals surface area contributed by atoms with Gasteiger partial charge in [0.2, 0.25) is 11.0 Å². The number of carbonyl (C=O) groups is 1. The SMILES string of the molecule is COc1cccc(-c2nnc(SC(=O)c3ccccc3Br)o2)c1. The first-order chi connectivity index (χ1) is 11.2. The number of thioether (sulfide) groups is 1. The number of hydrogen-bond donors (Lipinski definition) is 0. The highest BCUT2D eigenvalue weighted by Gasteiger charge is 2.16. The summed E-state index contributed by atoms with van der Waals surface area (Å²) in [4.78, 5) is 12.3. The molecule has 3 rings (SSSR count). The number of aromatic nitrogens is 2. The molecule has 3 aromatic rings. The predicted molar refractivity (Wildman–Crippen MR) is 90.6 cm³/mol. The second-order valence-electron chi connectivity index (χ2n) is 4.47. The first kappa shape index (κ1) is 15.8. The Labute approximate surface area is 145 Å². The lowest BCUT2D eigenvalue weighted by Crippen LogP contribution is -1.94. The maximum absolute atomic E-state index is 12.3. The molecular formula is C16H11BrN2O3S. The van der Waals surface area contributed by atoms with Gasteiger partial charge in [-0.05, 0) is 30.3 Å². The molecule has 0 radical (unpaired) electrons. The molecule has 116 valence electrons. The van der Waals surface area contributed by atoms with Gasteiger partial charge in [-0.2, -0.15) is 0 Å². The molecular weight excluding hydrogens is 380 g/mol. The normalized spacial score (nSPS) is 10.5. The largest absolute Gasteiger partial charge is 0.497 e. The molecule has 1 heterocycles. The van der Waals surface area contributed by atoms with Gasteiger partial charge in [-0.1, -0.05) is 34.1 Å². The fourth-order valence-corrected chi connectivity index (χ4v) is 3.13. The second kappa shape index (κ2) is 6.97. The molecule has 0 saturated heterocycles. The number of nitrogens with zero attached hydrogens (tertiary/aromatic N) is 2. The zero-order valence-corrected chi connectivity index (χ0v) is 14.4. The maximum atomic E-state index is 12.3. The van der Waals surface area contributed by atoms with Crippen LogP contribution in [0.15, 0.2) is 62.6 Å². The van der Waals surface area contributed by atoms with E-state index in [-0.39, 0.29) is 10.3 Å². The molecule has 0 amide bonds. The highest BCUT2D eigenvalue weighted by molar-refractivity contribution is 9.10. The average Bonchev–Trinajstić information content (AvgIpc) is 3.03. The molecule has 7 heteroatoms. The van der Waals surface area contributed by atoms with Crippen molar-refractivity contribution in [3.8, 4) is 17.2 Å². The van der Waals surface area contributed by atoms with Crippen molar-refractivity contribution in [2.75, 3.05) is 7.11 Å². The van der Waals surface area contributed by atoms with Crippen LogP contribution in [0.1, 0.15) is 10.4 Å². The van der Waals surface area contributed by atoms with E-state index in [9.17, 15) is 4.79 Å². The van der Waals surface area contributed by atoms with Crippen molar-refractivity contribution in [1.29, 1.82) is 0 Å². The van der Waals surface area contributed by atoms with Crippen LogP contribution in [0, 0.1) is 0 Å². The third kappa shape index (κ3) is 3.62. The molecule has 0 aliphatic rings. The summed E-state index contributed by atoms with van der Waals surface area (Å²) in [6, 6.07) is 14.5. The van der Waals surface area contributed by atoms with Gasteiger partial charge < -0.3 is 9.15 Å². The fraction of sp³-hybridized carbons (Fsp3) is 0.0625. The second-order valence-corrected chi connectivity index (χ2v) is 6.25. The van der Waals surface area contributed by atoms with Crippen molar-refractivity contribution < 1.29 is 13.9 Å². The molecule has 0 aliphatic carbocycles. The Bertz CT molecular complexity index is 851. The van der Waals surface area contributed by atoms with Gasteiger partial charge in [0.05, 0.1) is 7.11 Å². The van der Waals surface area contributed by atoms with Gasteiger partial charge in [-0.3, -0.25) is 4.79 Å². The Balaban J connectivity index is 1.79. The Morgan fingerprint density at radius 3 is 2.78 bits per heavy atom. The van der Waals surface area contributed by atoms with Crippen molar-refractivity contribution in [3.63, 3.8) is 0 Å². The number of rotatable bonds is 4. The summed E-state index contributed by atoms with van der Waals surface area (Å²) >= 11 is 4.25. The van der Waals surface area contributed by atoms with Crippen LogP contribution in [0.4, 0.5) is 0 Å². The molecule has 0 aliphatic heterocycles. The molecule has 0 bridgehead atoms. The number of carbonyl (C=O) groups excluding carboxylic acids is 1. The Morgan fingerprint density at radius 1 is 1.17 bits per heavy atom. The Hall–Kier alpha value is -2.12. The lowest BCUT2D eigenvalue weighted by atomic mass is 10.2. The number of benzene rings is 2. The monoisotopic (exact) mass is 390 g/mol. The number of hydrogen-bond acceptors (Lipinski definition) is 6. The molecule has 23 heavy (non-hydrogen) atoms. The van der Waals surface area contributed by atoms with E-state index in [0.29, 0.717) is 17.2 Å². The van der Waals surface area contributed by atoms with Crippen LogP contribution in [0.3, 0.4) is 0 Å². The van der Waals surface area contributed by atoms with Crippen molar-refractivity contribution in [3.05, 3.63) is 58.6 Å². The molecule has 1 aromatic heterocycles. The first-order valence-electron chi connectivity index (χ1n) is 6.62. The molecule has 0 N–H and O–H groups in total. The van der Waals surface area contributed by atoms with E-state index >= 15 is 0 Å². The highest BCUT2D eigenvalue weighted by atomic mass is 79.9. The summed E-state index contributed by atoms with van der Waals surface area (Å²) in [5.74, 6) is 1.03. The quantitative estimate of drug-likeness (QED) is 0.613. The van der Waals surface area contributed by atoms with Crippen molar-refractivity contribution >= 4 is 32.8 Å². The smallest absolute Gasteiger partial charge is 0.284 e. The van der Waals surface area contributed by atoms with Crippen molar-refractivity contribution in [2.45, 2.75) is 5.22 Å². The minimum atomic E-state index is -0.168. The van der Waals surface area contributed by atoms with E-state index < -0.39 is 0 Å². The molecule has 2 aromatic carbocycles. The summed E-state index contributed by atoms with van der Waals surface area (Å²) in [5.41, 5.74) is 1.29. The Kier molecular flexibility index (Phi) is 4.78. The molecule has 5 nitrogen and oxygen atoms in total. The van der Waals surface area contributed by atoms with Crippen molar-refractivity contribution in [1.82, 2.24) is 10.2 Å². The van der Waals surface area contributed by atoms with E-state index in [1.165, 1.54) is 0 Å². The molecule has 0 atom stereocenters. The van der Waals surface area contributed by atoms with Gasteiger partial charge in [0, 0.05) is 27.4 Å². The van der Waals surface area contributed by atoms with Gasteiger partial charge in [0.15, 0.2) is 0 Å². The van der Waals surface area contributed by atoms with Gasteiger partial charge >= 0.3 is 0 Å².